The van der Waals surface area contributed by atoms with Gasteiger partial charge in [0.25, 0.3) is 0 Å². The molecule has 134 valence electrons. The van der Waals surface area contributed by atoms with Gasteiger partial charge in [0.05, 0.1) is 26.4 Å². The molecule has 0 saturated carbocycles. The van der Waals surface area contributed by atoms with E-state index in [0.29, 0.717) is 0 Å². The van der Waals surface area contributed by atoms with Gasteiger partial charge in [-0.05, 0) is 19.3 Å². The van der Waals surface area contributed by atoms with Crippen molar-refractivity contribution in [1.82, 2.24) is 0 Å². The maximum Gasteiger partial charge on any atom is 0.398 e. The van der Waals surface area contributed by atoms with Gasteiger partial charge in [-0.15, -0.1) is 0 Å². The van der Waals surface area contributed by atoms with Crippen LogP contribution in [0.25, 0.3) is 0 Å². The highest BCUT2D eigenvalue weighted by Crippen LogP contribution is 2.40. The standard InChI is InChI=1S/C15H29F3O4/c1-3-5-13(9-19,6-4-2)12-22-8-7-14(10-20,11-21)15(16,17)18/h19-21H,3-12H2,1-2H3. The van der Waals surface area contributed by atoms with Crippen molar-refractivity contribution >= 4 is 0 Å². The maximum atomic E-state index is 12.9. The Balaban J connectivity index is 4.60. The van der Waals surface area contributed by atoms with Gasteiger partial charge in [0.1, 0.15) is 5.41 Å². The fourth-order valence-electron chi connectivity index (χ4n) is 2.62. The van der Waals surface area contributed by atoms with Crippen LogP contribution in [-0.4, -0.2) is 54.5 Å². The van der Waals surface area contributed by atoms with Crippen LogP contribution in [0.15, 0.2) is 0 Å². The molecule has 4 nitrogen and oxygen atoms in total. The van der Waals surface area contributed by atoms with Crippen molar-refractivity contribution in [2.45, 2.75) is 52.1 Å². The van der Waals surface area contributed by atoms with Crippen LogP contribution in [0.2, 0.25) is 0 Å². The van der Waals surface area contributed by atoms with Crippen LogP contribution in [0.1, 0.15) is 46.0 Å². The lowest BCUT2D eigenvalue weighted by atomic mass is 9.80. The molecular weight excluding hydrogens is 301 g/mol. The second kappa shape index (κ2) is 9.70. The number of hydrogen-bond acceptors (Lipinski definition) is 4. The average molecular weight is 330 g/mol. The van der Waals surface area contributed by atoms with E-state index in [2.05, 4.69) is 0 Å². The topological polar surface area (TPSA) is 69.9 Å². The van der Waals surface area contributed by atoms with Crippen molar-refractivity contribution in [1.29, 1.82) is 0 Å². The summed E-state index contributed by atoms with van der Waals surface area (Å²) in [4.78, 5) is 0. The molecule has 0 atom stereocenters. The highest BCUT2D eigenvalue weighted by atomic mass is 19.4. The Hall–Kier alpha value is -0.370. The van der Waals surface area contributed by atoms with E-state index < -0.39 is 36.6 Å². The van der Waals surface area contributed by atoms with Crippen LogP contribution in [0.3, 0.4) is 0 Å². The summed E-state index contributed by atoms with van der Waals surface area (Å²) in [6.45, 7) is 1.49. The molecule has 0 bridgehead atoms. The van der Waals surface area contributed by atoms with Gasteiger partial charge in [-0.1, -0.05) is 26.7 Å². The normalized spacial score (nSPS) is 13.6. The molecule has 0 heterocycles. The van der Waals surface area contributed by atoms with Crippen LogP contribution < -0.4 is 0 Å². The van der Waals surface area contributed by atoms with Crippen molar-refractivity contribution in [2.24, 2.45) is 10.8 Å². The average Bonchev–Trinajstić information content (AvgIpc) is 2.46. The summed E-state index contributed by atoms with van der Waals surface area (Å²) in [7, 11) is 0. The Kier molecular flexibility index (Phi) is 9.54. The van der Waals surface area contributed by atoms with E-state index in [4.69, 9.17) is 14.9 Å². The van der Waals surface area contributed by atoms with Crippen molar-refractivity contribution in [3.8, 4) is 0 Å². The molecule has 0 aromatic carbocycles. The van der Waals surface area contributed by atoms with Crippen LogP contribution in [0, 0.1) is 10.8 Å². The van der Waals surface area contributed by atoms with E-state index >= 15 is 0 Å². The molecule has 3 N–H and O–H groups in total. The van der Waals surface area contributed by atoms with Crippen LogP contribution in [0.5, 0.6) is 0 Å². The molecule has 0 aromatic heterocycles. The van der Waals surface area contributed by atoms with Crippen molar-refractivity contribution in [2.75, 3.05) is 33.0 Å². The molecule has 0 fully saturated rings. The second-order valence-corrected chi connectivity index (χ2v) is 6.06. The summed E-state index contributed by atoms with van der Waals surface area (Å²) in [5.41, 5.74) is -2.97. The van der Waals surface area contributed by atoms with E-state index in [9.17, 15) is 18.3 Å². The highest BCUT2D eigenvalue weighted by molar-refractivity contribution is 4.86. The summed E-state index contributed by atoms with van der Waals surface area (Å²) in [5, 5.41) is 27.6. The van der Waals surface area contributed by atoms with Crippen LogP contribution in [0.4, 0.5) is 13.2 Å². The van der Waals surface area contributed by atoms with E-state index in [-0.39, 0.29) is 19.8 Å². The largest absolute Gasteiger partial charge is 0.398 e. The number of ether oxygens (including phenoxy) is 1. The molecule has 0 unspecified atom stereocenters. The zero-order valence-corrected chi connectivity index (χ0v) is 13.5. The van der Waals surface area contributed by atoms with Gasteiger partial charge >= 0.3 is 6.18 Å². The molecule has 0 aliphatic rings. The molecule has 0 aromatic rings. The zero-order chi connectivity index (χ0) is 17.3. The Labute approximate surface area is 130 Å². The number of aliphatic hydroxyl groups excluding tert-OH is 3. The van der Waals surface area contributed by atoms with Gasteiger partial charge in [-0.2, -0.15) is 13.2 Å². The van der Waals surface area contributed by atoms with E-state index in [0.717, 1.165) is 25.7 Å². The molecule has 0 saturated heterocycles. The predicted octanol–water partition coefficient (Wildman–Crippen LogP) is 2.51. The van der Waals surface area contributed by atoms with Crippen molar-refractivity contribution in [3.63, 3.8) is 0 Å². The lowest BCUT2D eigenvalue weighted by Gasteiger charge is -2.34. The zero-order valence-electron chi connectivity index (χ0n) is 13.5. The molecule has 0 rings (SSSR count). The third kappa shape index (κ3) is 5.68. The van der Waals surface area contributed by atoms with Crippen LogP contribution >= 0.6 is 0 Å². The molecular formula is C15H29F3O4. The summed E-state index contributed by atoms with van der Waals surface area (Å²) in [6, 6.07) is 0. The maximum absolute atomic E-state index is 12.9. The number of alkyl halides is 3. The Morgan fingerprint density at radius 2 is 1.32 bits per heavy atom. The summed E-state index contributed by atoms with van der Waals surface area (Å²) < 4.78 is 44.2. The van der Waals surface area contributed by atoms with E-state index in [1.807, 2.05) is 13.8 Å². The van der Waals surface area contributed by atoms with Crippen molar-refractivity contribution in [3.05, 3.63) is 0 Å². The van der Waals surface area contributed by atoms with Crippen molar-refractivity contribution < 1.29 is 33.2 Å². The first kappa shape index (κ1) is 21.6. The third-order valence-electron chi connectivity index (χ3n) is 4.24. The smallest absolute Gasteiger partial charge is 0.396 e. The van der Waals surface area contributed by atoms with Gasteiger partial charge in [-0.3, -0.25) is 0 Å². The monoisotopic (exact) mass is 330 g/mol. The Morgan fingerprint density at radius 1 is 0.818 bits per heavy atom. The number of hydrogen-bond donors (Lipinski definition) is 3. The minimum atomic E-state index is -4.69. The molecule has 0 amide bonds. The first-order valence-corrected chi connectivity index (χ1v) is 7.73. The van der Waals surface area contributed by atoms with Gasteiger partial charge in [0.2, 0.25) is 0 Å². The first-order chi connectivity index (χ1) is 10.3. The lowest BCUT2D eigenvalue weighted by Crippen LogP contribution is -2.45. The summed E-state index contributed by atoms with van der Waals surface area (Å²) in [6.07, 6.45) is -2.03. The summed E-state index contributed by atoms with van der Waals surface area (Å²) in [5.74, 6) is 0. The molecule has 0 aliphatic heterocycles. The Bertz CT molecular complexity index is 285. The predicted molar refractivity (Wildman–Crippen MR) is 77.4 cm³/mol. The molecule has 0 radical (unpaired) electrons. The number of halogens is 3. The minimum absolute atomic E-state index is 0.0703. The van der Waals surface area contributed by atoms with Gasteiger partial charge in [-0.25, -0.2) is 0 Å². The van der Waals surface area contributed by atoms with Gasteiger partial charge in [0, 0.05) is 12.0 Å². The SMILES string of the molecule is CCCC(CO)(CCC)COCCC(CO)(CO)C(F)(F)F. The number of rotatable bonds is 12. The quantitative estimate of drug-likeness (QED) is 0.481. The first-order valence-electron chi connectivity index (χ1n) is 7.73. The second-order valence-electron chi connectivity index (χ2n) is 6.06. The molecule has 22 heavy (non-hydrogen) atoms. The molecule has 7 heteroatoms. The highest BCUT2D eigenvalue weighted by Gasteiger charge is 2.53. The third-order valence-corrected chi connectivity index (χ3v) is 4.24. The van der Waals surface area contributed by atoms with Gasteiger partial charge < -0.3 is 20.1 Å². The van der Waals surface area contributed by atoms with E-state index in [1.165, 1.54) is 0 Å². The van der Waals surface area contributed by atoms with Crippen LogP contribution in [-0.2, 0) is 4.74 Å². The summed E-state index contributed by atoms with van der Waals surface area (Å²) >= 11 is 0. The molecule has 0 aliphatic carbocycles. The Morgan fingerprint density at radius 3 is 1.64 bits per heavy atom. The number of aliphatic hydroxyl groups is 3. The molecule has 0 spiro atoms. The fraction of sp³-hybridized carbons (Fsp3) is 1.00. The lowest BCUT2D eigenvalue weighted by molar-refractivity contribution is -0.252. The fourth-order valence-corrected chi connectivity index (χ4v) is 2.62. The minimum Gasteiger partial charge on any atom is -0.396 e. The van der Waals surface area contributed by atoms with E-state index in [1.54, 1.807) is 0 Å². The van der Waals surface area contributed by atoms with Gasteiger partial charge in [0.15, 0.2) is 0 Å².